The lowest BCUT2D eigenvalue weighted by Crippen LogP contribution is -2.45. The average molecular weight is 212 g/mol. The number of rotatable bonds is 6. The number of hydrogen-bond donors (Lipinski definition) is 0. The third-order valence-electron chi connectivity index (χ3n) is 3.22. The molecule has 1 aliphatic rings. The van der Waals surface area contributed by atoms with E-state index < -0.39 is 0 Å². The summed E-state index contributed by atoms with van der Waals surface area (Å²) in [6, 6.07) is 0.457. The van der Waals surface area contributed by atoms with E-state index in [9.17, 15) is 4.79 Å². The molecule has 0 spiro atoms. The van der Waals surface area contributed by atoms with Gasteiger partial charge in [0.1, 0.15) is 0 Å². The van der Waals surface area contributed by atoms with Crippen LogP contribution in [0.4, 0.5) is 0 Å². The molecule has 3 heteroatoms. The summed E-state index contributed by atoms with van der Waals surface area (Å²) in [6.45, 7) is 5.36. The van der Waals surface area contributed by atoms with E-state index >= 15 is 0 Å². The van der Waals surface area contributed by atoms with Crippen LogP contribution in [-0.4, -0.2) is 48.9 Å². The van der Waals surface area contributed by atoms with Gasteiger partial charge in [-0.3, -0.25) is 4.79 Å². The molecule has 0 aromatic carbocycles. The minimum Gasteiger partial charge on any atom is -0.341 e. The van der Waals surface area contributed by atoms with Crippen molar-refractivity contribution in [2.45, 2.75) is 45.1 Å². The predicted molar refractivity (Wildman–Crippen MR) is 62.8 cm³/mol. The summed E-state index contributed by atoms with van der Waals surface area (Å²) in [5, 5.41) is 0. The topological polar surface area (TPSA) is 23.6 Å². The first-order chi connectivity index (χ1) is 7.27. The van der Waals surface area contributed by atoms with E-state index in [2.05, 4.69) is 18.9 Å². The second-order valence-corrected chi connectivity index (χ2v) is 4.61. The van der Waals surface area contributed by atoms with Crippen molar-refractivity contribution in [3.63, 3.8) is 0 Å². The quantitative estimate of drug-likeness (QED) is 0.626. The van der Waals surface area contributed by atoms with Crippen molar-refractivity contribution < 1.29 is 4.79 Å². The smallest absolute Gasteiger partial charge is 0.209 e. The van der Waals surface area contributed by atoms with Gasteiger partial charge in [-0.2, -0.15) is 0 Å². The third-order valence-corrected chi connectivity index (χ3v) is 3.22. The lowest BCUT2D eigenvalue weighted by Gasteiger charge is -2.35. The van der Waals surface area contributed by atoms with Crippen LogP contribution in [0.3, 0.4) is 0 Å². The molecule has 1 unspecified atom stereocenters. The van der Waals surface area contributed by atoms with Gasteiger partial charge in [-0.25, -0.2) is 0 Å². The van der Waals surface area contributed by atoms with Crippen LogP contribution in [0.2, 0.25) is 0 Å². The van der Waals surface area contributed by atoms with Crippen molar-refractivity contribution in [3.8, 4) is 0 Å². The molecule has 88 valence electrons. The minimum atomic E-state index is 0.457. The first-order valence-electron chi connectivity index (χ1n) is 6.17. The highest BCUT2D eigenvalue weighted by Crippen LogP contribution is 2.15. The molecule has 1 fully saturated rings. The molecule has 0 aromatic heterocycles. The first-order valence-corrected chi connectivity index (χ1v) is 6.17. The van der Waals surface area contributed by atoms with Gasteiger partial charge in [-0.05, 0) is 39.3 Å². The number of carbonyl (C=O) groups is 1. The molecule has 1 atom stereocenters. The maximum Gasteiger partial charge on any atom is 0.209 e. The molecular formula is C12H24N2O. The summed E-state index contributed by atoms with van der Waals surface area (Å²) in [6.07, 6.45) is 7.15. The Morgan fingerprint density at radius 3 is 2.93 bits per heavy atom. The number of unbranched alkanes of at least 4 members (excludes halogenated alkanes) is 1. The van der Waals surface area contributed by atoms with Crippen molar-refractivity contribution in [1.29, 1.82) is 0 Å². The van der Waals surface area contributed by atoms with Crippen LogP contribution in [0.25, 0.3) is 0 Å². The molecule has 0 N–H and O–H groups in total. The fourth-order valence-electron chi connectivity index (χ4n) is 2.24. The number of amides is 1. The van der Waals surface area contributed by atoms with Crippen LogP contribution in [0.1, 0.15) is 39.0 Å². The monoisotopic (exact) mass is 212 g/mol. The summed E-state index contributed by atoms with van der Waals surface area (Å²) in [5.41, 5.74) is 0. The SMILES string of the molecule is CCCCN(C)CC1CCCCN1C=O. The predicted octanol–water partition coefficient (Wildman–Crippen LogP) is 1.73. The van der Waals surface area contributed by atoms with Crippen LogP contribution in [0.5, 0.6) is 0 Å². The molecule has 3 nitrogen and oxygen atoms in total. The maximum absolute atomic E-state index is 10.9. The number of carbonyl (C=O) groups excluding carboxylic acids is 1. The van der Waals surface area contributed by atoms with Gasteiger partial charge in [0.25, 0.3) is 0 Å². The molecule has 1 rings (SSSR count). The molecule has 1 amide bonds. The molecule has 1 heterocycles. The van der Waals surface area contributed by atoms with E-state index in [1.54, 1.807) is 0 Å². The van der Waals surface area contributed by atoms with Crippen molar-refractivity contribution >= 4 is 6.41 Å². The van der Waals surface area contributed by atoms with E-state index in [1.807, 2.05) is 4.90 Å². The summed E-state index contributed by atoms with van der Waals surface area (Å²) in [5.74, 6) is 0. The first kappa shape index (κ1) is 12.5. The summed E-state index contributed by atoms with van der Waals surface area (Å²) >= 11 is 0. The Morgan fingerprint density at radius 1 is 1.47 bits per heavy atom. The summed E-state index contributed by atoms with van der Waals surface area (Å²) < 4.78 is 0. The highest BCUT2D eigenvalue weighted by Gasteiger charge is 2.21. The van der Waals surface area contributed by atoms with Crippen LogP contribution in [0, 0.1) is 0 Å². The van der Waals surface area contributed by atoms with Gasteiger partial charge in [0.15, 0.2) is 0 Å². The summed E-state index contributed by atoms with van der Waals surface area (Å²) in [7, 11) is 2.16. The Bertz CT molecular complexity index is 184. The zero-order valence-corrected chi connectivity index (χ0v) is 10.1. The number of nitrogens with zero attached hydrogens (tertiary/aromatic N) is 2. The fourth-order valence-corrected chi connectivity index (χ4v) is 2.24. The molecule has 0 aromatic rings. The van der Waals surface area contributed by atoms with Crippen molar-refractivity contribution in [2.24, 2.45) is 0 Å². The van der Waals surface area contributed by atoms with E-state index in [-0.39, 0.29) is 0 Å². The van der Waals surface area contributed by atoms with Gasteiger partial charge in [-0.1, -0.05) is 13.3 Å². The Hall–Kier alpha value is -0.570. The van der Waals surface area contributed by atoms with Crippen LogP contribution in [0.15, 0.2) is 0 Å². The Kier molecular flexibility index (Phi) is 5.69. The standard InChI is InChI=1S/C12H24N2O/c1-3-4-8-13(2)10-12-7-5-6-9-14(12)11-15/h11-12H,3-10H2,1-2H3. The zero-order chi connectivity index (χ0) is 11.1. The van der Waals surface area contributed by atoms with E-state index in [0.717, 1.165) is 26.0 Å². The number of piperidine rings is 1. The largest absolute Gasteiger partial charge is 0.341 e. The van der Waals surface area contributed by atoms with Crippen molar-refractivity contribution in [1.82, 2.24) is 9.80 Å². The van der Waals surface area contributed by atoms with Crippen LogP contribution in [-0.2, 0) is 4.79 Å². The Morgan fingerprint density at radius 2 is 2.27 bits per heavy atom. The lowest BCUT2D eigenvalue weighted by molar-refractivity contribution is -0.121. The second-order valence-electron chi connectivity index (χ2n) is 4.61. The highest BCUT2D eigenvalue weighted by molar-refractivity contribution is 5.48. The minimum absolute atomic E-state index is 0.457. The van der Waals surface area contributed by atoms with Gasteiger partial charge in [0.2, 0.25) is 6.41 Å². The molecule has 0 saturated carbocycles. The molecular weight excluding hydrogens is 188 g/mol. The summed E-state index contributed by atoms with van der Waals surface area (Å²) in [4.78, 5) is 15.2. The molecule has 15 heavy (non-hydrogen) atoms. The van der Waals surface area contributed by atoms with Crippen molar-refractivity contribution in [2.75, 3.05) is 26.7 Å². The van der Waals surface area contributed by atoms with Crippen LogP contribution < -0.4 is 0 Å². The number of likely N-dealkylation sites (N-methyl/N-ethyl adjacent to an activating group) is 1. The normalized spacial score (nSPS) is 22.1. The zero-order valence-electron chi connectivity index (χ0n) is 10.1. The molecule has 0 aliphatic carbocycles. The Balaban J connectivity index is 2.30. The molecule has 1 aliphatic heterocycles. The molecule has 0 bridgehead atoms. The average Bonchev–Trinajstić information content (AvgIpc) is 2.27. The van der Waals surface area contributed by atoms with E-state index in [0.29, 0.717) is 6.04 Å². The fraction of sp³-hybridized carbons (Fsp3) is 0.917. The van der Waals surface area contributed by atoms with Gasteiger partial charge < -0.3 is 9.80 Å². The third kappa shape index (κ3) is 4.20. The number of likely N-dealkylation sites (tertiary alicyclic amines) is 1. The maximum atomic E-state index is 10.9. The Labute approximate surface area is 93.4 Å². The molecule has 1 saturated heterocycles. The van der Waals surface area contributed by atoms with Gasteiger partial charge >= 0.3 is 0 Å². The molecule has 0 radical (unpaired) electrons. The lowest BCUT2D eigenvalue weighted by atomic mass is 10.0. The van der Waals surface area contributed by atoms with E-state index in [4.69, 9.17) is 0 Å². The van der Waals surface area contributed by atoms with Gasteiger partial charge in [0, 0.05) is 19.1 Å². The van der Waals surface area contributed by atoms with Gasteiger partial charge in [-0.15, -0.1) is 0 Å². The van der Waals surface area contributed by atoms with Gasteiger partial charge in [0.05, 0.1) is 0 Å². The van der Waals surface area contributed by atoms with Crippen molar-refractivity contribution in [3.05, 3.63) is 0 Å². The highest BCUT2D eigenvalue weighted by atomic mass is 16.1. The number of hydrogen-bond acceptors (Lipinski definition) is 2. The second kappa shape index (κ2) is 6.83. The van der Waals surface area contributed by atoms with Crippen LogP contribution >= 0.6 is 0 Å². The van der Waals surface area contributed by atoms with E-state index in [1.165, 1.54) is 32.1 Å².